The molecule has 2 aromatic carbocycles. The van der Waals surface area contributed by atoms with Crippen LogP contribution in [0.1, 0.15) is 67.4 Å². The number of carboxylic acid groups (broad SMARTS) is 1. The van der Waals surface area contributed by atoms with Crippen LogP contribution < -0.4 is 9.47 Å². The van der Waals surface area contributed by atoms with Gasteiger partial charge in [0.1, 0.15) is 6.61 Å². The van der Waals surface area contributed by atoms with Gasteiger partial charge >= 0.3 is 5.97 Å². The van der Waals surface area contributed by atoms with Gasteiger partial charge in [0.25, 0.3) is 0 Å². The lowest BCUT2D eigenvalue weighted by atomic mass is 9.70. The Morgan fingerprint density at radius 3 is 2.68 bits per heavy atom. The minimum absolute atomic E-state index is 0.0577. The van der Waals surface area contributed by atoms with Crippen molar-refractivity contribution in [2.75, 3.05) is 6.61 Å². The number of halogens is 1. The van der Waals surface area contributed by atoms with Crippen molar-refractivity contribution in [3.8, 4) is 17.6 Å². The van der Waals surface area contributed by atoms with Crippen LogP contribution in [0.5, 0.6) is 11.5 Å². The van der Waals surface area contributed by atoms with Gasteiger partial charge < -0.3 is 14.6 Å². The van der Waals surface area contributed by atoms with Crippen LogP contribution in [0.25, 0.3) is 0 Å². The fourth-order valence-corrected chi connectivity index (χ4v) is 5.65. The van der Waals surface area contributed by atoms with E-state index in [2.05, 4.69) is 28.9 Å². The topological polar surface area (TPSA) is 109 Å². The van der Waals surface area contributed by atoms with E-state index < -0.39 is 17.8 Å². The van der Waals surface area contributed by atoms with Crippen LogP contribution in [0.4, 0.5) is 0 Å². The number of ether oxygens (including phenoxy) is 2. The summed E-state index contributed by atoms with van der Waals surface area (Å²) in [6.45, 7) is 6.33. The molecule has 0 fully saturated rings. The molecule has 1 aliphatic carbocycles. The van der Waals surface area contributed by atoms with Gasteiger partial charge in [-0.2, -0.15) is 5.26 Å². The Kier molecular flexibility index (Phi) is 8.13. The highest BCUT2D eigenvalue weighted by molar-refractivity contribution is 9.10. The fourth-order valence-electron chi connectivity index (χ4n) is 5.07. The Balaban J connectivity index is 1.73. The van der Waals surface area contributed by atoms with Gasteiger partial charge in [0.15, 0.2) is 17.3 Å². The number of ketones is 1. The smallest absolute Gasteiger partial charge is 0.335 e. The molecule has 1 N–H and O–H groups in total. The molecule has 3 atom stereocenters. The molecular formula is C29H29BrN2O5. The van der Waals surface area contributed by atoms with Gasteiger partial charge in [-0.1, -0.05) is 25.5 Å². The van der Waals surface area contributed by atoms with Gasteiger partial charge in [-0.25, -0.2) is 4.79 Å². The minimum atomic E-state index is -1.00. The Labute approximate surface area is 224 Å². The van der Waals surface area contributed by atoms with E-state index in [0.29, 0.717) is 45.8 Å². The highest BCUT2D eigenvalue weighted by Gasteiger charge is 2.41. The molecule has 1 aliphatic heterocycles. The van der Waals surface area contributed by atoms with E-state index in [-0.39, 0.29) is 23.9 Å². The van der Waals surface area contributed by atoms with E-state index in [9.17, 15) is 20.0 Å². The zero-order valence-electron chi connectivity index (χ0n) is 21.1. The third kappa shape index (κ3) is 5.47. The second-order valence-electron chi connectivity index (χ2n) is 9.36. The zero-order chi connectivity index (χ0) is 26.7. The number of carbonyl (C=O) groups is 2. The summed E-state index contributed by atoms with van der Waals surface area (Å²) in [5, 5.41) is 19.3. The molecule has 2 aliphatic rings. The first kappa shape index (κ1) is 26.6. The summed E-state index contributed by atoms with van der Waals surface area (Å²) in [6.07, 6.45) is 2.11. The number of benzene rings is 2. The molecule has 0 radical (unpaired) electrons. The molecular weight excluding hydrogens is 536 g/mol. The normalized spacial score (nSPS) is 21.1. The highest BCUT2D eigenvalue weighted by Crippen LogP contribution is 2.48. The number of carbonyl (C=O) groups excluding carboxylic acids is 1. The second-order valence-corrected chi connectivity index (χ2v) is 10.2. The van der Waals surface area contributed by atoms with Crippen molar-refractivity contribution in [1.82, 2.24) is 0 Å². The number of allylic oxidation sites excluding steroid dienone is 2. The Morgan fingerprint density at radius 2 is 2.00 bits per heavy atom. The summed E-state index contributed by atoms with van der Waals surface area (Å²) >= 11 is 3.61. The van der Waals surface area contributed by atoms with Gasteiger partial charge in [-0.05, 0) is 77.5 Å². The van der Waals surface area contributed by atoms with Gasteiger partial charge in [0, 0.05) is 29.3 Å². The number of aliphatic imine (C=N–C) groups is 1. The van der Waals surface area contributed by atoms with E-state index in [1.165, 1.54) is 6.07 Å². The van der Waals surface area contributed by atoms with Crippen molar-refractivity contribution in [1.29, 1.82) is 5.26 Å². The first-order valence-electron chi connectivity index (χ1n) is 12.4. The number of nitriles is 1. The molecule has 192 valence electrons. The van der Waals surface area contributed by atoms with Crippen LogP contribution in [-0.2, 0) is 11.4 Å². The maximum absolute atomic E-state index is 13.3. The standard InChI is InChI=1S/C29H29BrN2O5/c1-4-17-10-23-27(24(33)11-17)26(21(14-31)16(3)32-23)20-12-22(30)28(25(13-20)36-5-2)37-15-18-7-6-8-19(9-18)29(34)35/h6-9,12-13,17,21,26H,4-5,10-11,15H2,1-3H3,(H,34,35). The molecule has 0 saturated carbocycles. The van der Waals surface area contributed by atoms with Gasteiger partial charge in [0.2, 0.25) is 0 Å². The summed E-state index contributed by atoms with van der Waals surface area (Å²) in [4.78, 5) is 29.3. The molecule has 0 saturated heterocycles. The predicted molar refractivity (Wildman–Crippen MR) is 143 cm³/mol. The van der Waals surface area contributed by atoms with Gasteiger partial charge in [-0.3, -0.25) is 9.79 Å². The molecule has 1 heterocycles. The number of Topliss-reactive ketones (excluding diaryl/α,β-unsaturated/α-hetero) is 1. The summed E-state index contributed by atoms with van der Waals surface area (Å²) in [7, 11) is 0. The molecule has 0 spiro atoms. The highest BCUT2D eigenvalue weighted by atomic mass is 79.9. The monoisotopic (exact) mass is 564 g/mol. The van der Waals surface area contributed by atoms with Crippen molar-refractivity contribution in [2.24, 2.45) is 16.8 Å². The third-order valence-corrected chi connectivity index (χ3v) is 7.53. The largest absolute Gasteiger partial charge is 0.490 e. The molecule has 37 heavy (non-hydrogen) atoms. The second kappa shape index (κ2) is 11.3. The summed E-state index contributed by atoms with van der Waals surface area (Å²) in [6, 6.07) is 12.7. The average Bonchev–Trinajstić information content (AvgIpc) is 2.87. The lowest BCUT2D eigenvalue weighted by Gasteiger charge is -2.35. The van der Waals surface area contributed by atoms with Crippen molar-refractivity contribution in [3.63, 3.8) is 0 Å². The molecule has 8 heteroatoms. The number of hydrogen-bond acceptors (Lipinski definition) is 6. The Bertz CT molecular complexity index is 1340. The Hall–Kier alpha value is -3.44. The van der Waals surface area contributed by atoms with E-state index in [0.717, 1.165) is 24.1 Å². The maximum Gasteiger partial charge on any atom is 0.335 e. The molecule has 7 nitrogen and oxygen atoms in total. The predicted octanol–water partition coefficient (Wildman–Crippen LogP) is 6.47. The third-order valence-electron chi connectivity index (χ3n) is 6.94. The molecule has 0 aromatic heterocycles. The van der Waals surface area contributed by atoms with Crippen molar-refractivity contribution in [3.05, 3.63) is 68.8 Å². The van der Waals surface area contributed by atoms with Gasteiger partial charge in [0.05, 0.1) is 28.6 Å². The van der Waals surface area contributed by atoms with Crippen molar-refractivity contribution in [2.45, 2.75) is 52.6 Å². The number of hydrogen-bond donors (Lipinski definition) is 1. The summed E-state index contributed by atoms with van der Waals surface area (Å²) in [5.74, 6) is -0.735. The van der Waals surface area contributed by atoms with Crippen LogP contribution in [0.3, 0.4) is 0 Å². The lowest BCUT2D eigenvalue weighted by molar-refractivity contribution is -0.117. The number of nitrogens with zero attached hydrogens (tertiary/aromatic N) is 2. The number of aromatic carboxylic acids is 1. The summed E-state index contributed by atoms with van der Waals surface area (Å²) < 4.78 is 12.6. The van der Waals surface area contributed by atoms with Gasteiger partial charge in [-0.15, -0.1) is 0 Å². The summed E-state index contributed by atoms with van der Waals surface area (Å²) in [5.41, 5.74) is 3.81. The first-order chi connectivity index (χ1) is 17.8. The maximum atomic E-state index is 13.3. The lowest BCUT2D eigenvalue weighted by Crippen LogP contribution is -2.32. The van der Waals surface area contributed by atoms with Crippen LogP contribution in [0, 0.1) is 23.2 Å². The SMILES string of the molecule is CCOc1cc(C2C3=C(CC(CC)CC3=O)N=C(C)C2C#N)cc(Br)c1OCc1cccc(C(=O)O)c1. The van der Waals surface area contributed by atoms with Crippen LogP contribution >= 0.6 is 15.9 Å². The quantitative estimate of drug-likeness (QED) is 0.393. The fraction of sp³-hybridized carbons (Fsp3) is 0.379. The number of carboxylic acids is 1. The molecule has 4 rings (SSSR count). The minimum Gasteiger partial charge on any atom is -0.490 e. The Morgan fingerprint density at radius 1 is 1.22 bits per heavy atom. The van der Waals surface area contributed by atoms with Crippen LogP contribution in [-0.4, -0.2) is 29.2 Å². The molecule has 0 bridgehead atoms. The average molecular weight is 565 g/mol. The van der Waals surface area contributed by atoms with E-state index >= 15 is 0 Å². The van der Waals surface area contributed by atoms with E-state index in [1.807, 2.05) is 26.0 Å². The van der Waals surface area contributed by atoms with E-state index in [1.54, 1.807) is 18.2 Å². The van der Waals surface area contributed by atoms with Crippen LogP contribution in [0.2, 0.25) is 0 Å². The zero-order valence-corrected chi connectivity index (χ0v) is 22.7. The van der Waals surface area contributed by atoms with Crippen molar-refractivity contribution < 1.29 is 24.2 Å². The molecule has 0 amide bonds. The molecule has 2 aromatic rings. The van der Waals surface area contributed by atoms with E-state index in [4.69, 9.17) is 14.5 Å². The van der Waals surface area contributed by atoms with Crippen molar-refractivity contribution >= 4 is 33.4 Å². The number of rotatable bonds is 8. The van der Waals surface area contributed by atoms with Crippen LogP contribution in [0.15, 0.2) is 57.1 Å². The molecule has 3 unspecified atom stereocenters. The first-order valence-corrected chi connectivity index (χ1v) is 13.2.